The van der Waals surface area contributed by atoms with Crippen molar-refractivity contribution < 1.29 is 4.74 Å². The van der Waals surface area contributed by atoms with Gasteiger partial charge in [0, 0.05) is 17.1 Å². The highest BCUT2D eigenvalue weighted by atomic mass is 79.9. The molecule has 0 bridgehead atoms. The van der Waals surface area contributed by atoms with Gasteiger partial charge in [0.1, 0.15) is 0 Å². The minimum Gasteiger partial charge on any atom is -0.378 e. The molecule has 2 atom stereocenters. The van der Waals surface area contributed by atoms with E-state index in [1.807, 2.05) is 13.1 Å². The average molecular weight is 285 g/mol. The van der Waals surface area contributed by atoms with Crippen molar-refractivity contribution in [2.75, 3.05) is 26.8 Å². The molecule has 0 radical (unpaired) electrons. The number of morpholine rings is 1. The molecule has 88 valence electrons. The molecular weight excluding hydrogens is 268 g/mol. The molecule has 0 aromatic heterocycles. The molecule has 2 N–H and O–H groups in total. The van der Waals surface area contributed by atoms with E-state index in [4.69, 9.17) is 4.74 Å². The largest absolute Gasteiger partial charge is 0.378 e. The highest BCUT2D eigenvalue weighted by Crippen LogP contribution is 2.21. The van der Waals surface area contributed by atoms with Crippen molar-refractivity contribution in [3.63, 3.8) is 0 Å². The molecule has 4 heteroatoms. The Kier molecular flexibility index (Phi) is 4.35. The quantitative estimate of drug-likeness (QED) is 0.887. The summed E-state index contributed by atoms with van der Waals surface area (Å²) in [6, 6.07) is 9.03. The third-order valence-corrected chi connectivity index (χ3v) is 3.36. The van der Waals surface area contributed by atoms with Gasteiger partial charge in [-0.2, -0.15) is 0 Å². The molecule has 1 heterocycles. The fourth-order valence-corrected chi connectivity index (χ4v) is 2.52. The van der Waals surface area contributed by atoms with Gasteiger partial charge < -0.3 is 15.4 Å². The predicted molar refractivity (Wildman–Crippen MR) is 68.6 cm³/mol. The molecule has 0 spiro atoms. The van der Waals surface area contributed by atoms with E-state index < -0.39 is 0 Å². The van der Waals surface area contributed by atoms with Crippen LogP contribution in [0.15, 0.2) is 28.7 Å². The summed E-state index contributed by atoms with van der Waals surface area (Å²) >= 11 is 3.50. The van der Waals surface area contributed by atoms with Crippen molar-refractivity contribution in [2.24, 2.45) is 0 Å². The number of rotatable bonds is 3. The standard InChI is InChI=1S/C12H17BrN2O/c1-14-12(11-8-16-6-5-15-11)9-3-2-4-10(13)7-9/h2-4,7,11-12,14-15H,5-6,8H2,1H3. The first-order valence-corrected chi connectivity index (χ1v) is 6.34. The SMILES string of the molecule is CNC(c1cccc(Br)c1)C1COCCN1. The molecule has 1 saturated heterocycles. The Morgan fingerprint density at radius 1 is 1.56 bits per heavy atom. The average Bonchev–Trinajstić information content (AvgIpc) is 2.31. The van der Waals surface area contributed by atoms with Crippen LogP contribution in [0.5, 0.6) is 0 Å². The van der Waals surface area contributed by atoms with E-state index in [0.717, 1.165) is 24.2 Å². The Bertz CT molecular complexity index is 340. The molecule has 2 unspecified atom stereocenters. The summed E-state index contributed by atoms with van der Waals surface area (Å²) in [4.78, 5) is 0. The van der Waals surface area contributed by atoms with Crippen molar-refractivity contribution in [3.05, 3.63) is 34.3 Å². The lowest BCUT2D eigenvalue weighted by Gasteiger charge is -2.31. The summed E-state index contributed by atoms with van der Waals surface area (Å²) in [5.41, 5.74) is 1.28. The number of hydrogen-bond donors (Lipinski definition) is 2. The first kappa shape index (κ1) is 12.0. The van der Waals surface area contributed by atoms with Crippen molar-refractivity contribution >= 4 is 15.9 Å². The number of likely N-dealkylation sites (N-methyl/N-ethyl adjacent to an activating group) is 1. The summed E-state index contributed by atoms with van der Waals surface area (Å²) in [7, 11) is 1.99. The van der Waals surface area contributed by atoms with Crippen LogP contribution in [0, 0.1) is 0 Å². The van der Waals surface area contributed by atoms with E-state index in [2.05, 4.69) is 44.8 Å². The summed E-state index contributed by atoms with van der Waals surface area (Å²) in [6.07, 6.45) is 0. The highest BCUT2D eigenvalue weighted by Gasteiger charge is 2.23. The number of nitrogens with one attached hydrogen (secondary N) is 2. The van der Waals surface area contributed by atoms with E-state index >= 15 is 0 Å². The molecule has 1 fully saturated rings. The second-order valence-corrected chi connectivity index (χ2v) is 4.87. The molecule has 1 aliphatic heterocycles. The maximum absolute atomic E-state index is 5.50. The van der Waals surface area contributed by atoms with Crippen LogP contribution >= 0.6 is 15.9 Å². The maximum atomic E-state index is 5.50. The van der Waals surface area contributed by atoms with E-state index in [1.54, 1.807) is 0 Å². The summed E-state index contributed by atoms with van der Waals surface area (Å²) < 4.78 is 6.62. The van der Waals surface area contributed by atoms with Crippen molar-refractivity contribution in [2.45, 2.75) is 12.1 Å². The molecule has 0 amide bonds. The molecular formula is C12H17BrN2O. The van der Waals surface area contributed by atoms with Crippen LogP contribution in [-0.2, 0) is 4.74 Å². The molecule has 1 aromatic rings. The second-order valence-electron chi connectivity index (χ2n) is 3.96. The van der Waals surface area contributed by atoms with Crippen LogP contribution in [-0.4, -0.2) is 32.8 Å². The van der Waals surface area contributed by atoms with Gasteiger partial charge in [-0.3, -0.25) is 0 Å². The third kappa shape index (κ3) is 2.83. The van der Waals surface area contributed by atoms with Gasteiger partial charge in [0.15, 0.2) is 0 Å². The maximum Gasteiger partial charge on any atom is 0.0638 e. The molecule has 16 heavy (non-hydrogen) atoms. The fraction of sp³-hybridized carbons (Fsp3) is 0.500. The van der Waals surface area contributed by atoms with Crippen molar-refractivity contribution in [1.82, 2.24) is 10.6 Å². The summed E-state index contributed by atoms with van der Waals surface area (Å²) in [5.74, 6) is 0. The molecule has 1 aromatic carbocycles. The highest BCUT2D eigenvalue weighted by molar-refractivity contribution is 9.10. The summed E-state index contributed by atoms with van der Waals surface area (Å²) in [6.45, 7) is 2.50. The summed E-state index contributed by atoms with van der Waals surface area (Å²) in [5, 5.41) is 6.84. The molecule has 0 aliphatic carbocycles. The van der Waals surface area contributed by atoms with E-state index in [1.165, 1.54) is 5.56 Å². The zero-order valence-electron chi connectivity index (χ0n) is 9.37. The fourth-order valence-electron chi connectivity index (χ4n) is 2.10. The van der Waals surface area contributed by atoms with Gasteiger partial charge >= 0.3 is 0 Å². The lowest BCUT2D eigenvalue weighted by molar-refractivity contribution is 0.0645. The Morgan fingerprint density at radius 3 is 3.06 bits per heavy atom. The molecule has 0 saturated carbocycles. The Hall–Kier alpha value is -0.420. The predicted octanol–water partition coefficient (Wildman–Crippen LogP) is 1.70. The van der Waals surface area contributed by atoms with Gasteiger partial charge in [0.2, 0.25) is 0 Å². The van der Waals surface area contributed by atoms with E-state index in [0.29, 0.717) is 6.04 Å². The van der Waals surface area contributed by atoms with Gasteiger partial charge in [-0.25, -0.2) is 0 Å². The molecule has 2 rings (SSSR count). The number of halogens is 1. The van der Waals surface area contributed by atoms with Gasteiger partial charge in [-0.05, 0) is 24.7 Å². The smallest absolute Gasteiger partial charge is 0.0638 e. The third-order valence-electron chi connectivity index (χ3n) is 2.87. The zero-order chi connectivity index (χ0) is 11.4. The van der Waals surface area contributed by atoms with E-state index in [-0.39, 0.29) is 6.04 Å². The van der Waals surface area contributed by atoms with E-state index in [9.17, 15) is 0 Å². The minimum atomic E-state index is 0.290. The minimum absolute atomic E-state index is 0.290. The number of hydrogen-bond acceptors (Lipinski definition) is 3. The van der Waals surface area contributed by atoms with Crippen LogP contribution < -0.4 is 10.6 Å². The Labute approximate surface area is 105 Å². The van der Waals surface area contributed by atoms with Crippen LogP contribution in [0.3, 0.4) is 0 Å². The Morgan fingerprint density at radius 2 is 2.44 bits per heavy atom. The lowest BCUT2D eigenvalue weighted by atomic mass is 9.99. The lowest BCUT2D eigenvalue weighted by Crippen LogP contribution is -2.48. The van der Waals surface area contributed by atoms with Gasteiger partial charge in [-0.1, -0.05) is 28.1 Å². The van der Waals surface area contributed by atoms with Gasteiger partial charge in [0.25, 0.3) is 0 Å². The normalized spacial score (nSPS) is 23.0. The molecule has 1 aliphatic rings. The monoisotopic (exact) mass is 284 g/mol. The van der Waals surface area contributed by atoms with Crippen LogP contribution in [0.25, 0.3) is 0 Å². The van der Waals surface area contributed by atoms with Crippen LogP contribution in [0.4, 0.5) is 0 Å². The first-order valence-electron chi connectivity index (χ1n) is 5.55. The second kappa shape index (κ2) is 5.77. The first-order chi connectivity index (χ1) is 7.81. The van der Waals surface area contributed by atoms with Crippen molar-refractivity contribution in [3.8, 4) is 0 Å². The topological polar surface area (TPSA) is 33.3 Å². The zero-order valence-corrected chi connectivity index (χ0v) is 11.0. The number of benzene rings is 1. The number of ether oxygens (including phenoxy) is 1. The Balaban J connectivity index is 2.14. The van der Waals surface area contributed by atoms with Crippen LogP contribution in [0.2, 0.25) is 0 Å². The van der Waals surface area contributed by atoms with Gasteiger partial charge in [-0.15, -0.1) is 0 Å². The van der Waals surface area contributed by atoms with Gasteiger partial charge in [0.05, 0.1) is 19.3 Å². The van der Waals surface area contributed by atoms with Crippen LogP contribution in [0.1, 0.15) is 11.6 Å². The molecule has 3 nitrogen and oxygen atoms in total. The van der Waals surface area contributed by atoms with Crippen molar-refractivity contribution in [1.29, 1.82) is 0 Å².